The van der Waals surface area contributed by atoms with Crippen LogP contribution in [-0.2, 0) is 30.4 Å². The quantitative estimate of drug-likeness (QED) is 0.168. The molecule has 1 aliphatic heterocycles. The second-order valence-corrected chi connectivity index (χ2v) is 12.7. The van der Waals surface area contributed by atoms with Crippen LogP contribution in [0.4, 0.5) is 0 Å². The number of hydrogen-bond donors (Lipinski definition) is 7. The van der Waals surface area contributed by atoms with Crippen molar-refractivity contribution in [2.24, 2.45) is 11.8 Å². The highest BCUT2D eigenvalue weighted by atomic mass is 16.5. The Morgan fingerprint density at radius 2 is 1.38 bits per heavy atom. The fourth-order valence-electron chi connectivity index (χ4n) is 5.22. The van der Waals surface area contributed by atoms with Crippen LogP contribution in [0.15, 0.2) is 0 Å². The smallest absolute Gasteiger partial charge is 0.328 e. The summed E-state index contributed by atoms with van der Waals surface area (Å²) in [5.74, 6) is -3.98. The topological polar surface area (TPSA) is 203 Å². The molecule has 13 nitrogen and oxygen atoms in total. The van der Waals surface area contributed by atoms with Crippen LogP contribution >= 0.6 is 0 Å². The predicted octanol–water partition coefficient (Wildman–Crippen LogP) is 1.53. The van der Waals surface area contributed by atoms with Crippen LogP contribution in [0.25, 0.3) is 0 Å². The number of hydrogen-bond acceptors (Lipinski definition) is 8. The third-order valence-corrected chi connectivity index (χ3v) is 8.83. The first-order valence-corrected chi connectivity index (χ1v) is 15.4. The molecule has 13 heteroatoms. The van der Waals surface area contributed by atoms with Crippen LogP contribution in [-0.4, -0.2) is 80.8 Å². The molecule has 7 N–H and O–H groups in total. The van der Waals surface area contributed by atoms with E-state index < -0.39 is 65.5 Å². The molecule has 1 aliphatic rings. The number of carbonyl (C=O) groups excluding carboxylic acids is 4. The van der Waals surface area contributed by atoms with Crippen LogP contribution in [0.5, 0.6) is 11.5 Å². The van der Waals surface area contributed by atoms with Crippen molar-refractivity contribution in [3.63, 3.8) is 0 Å². The Morgan fingerprint density at radius 1 is 0.822 bits per heavy atom. The number of benzene rings is 1. The normalized spacial score (nSPS) is 19.9. The summed E-state index contributed by atoms with van der Waals surface area (Å²) in [5, 5.41) is 39.6. The summed E-state index contributed by atoms with van der Waals surface area (Å²) in [6, 6.07) is -4.83. The summed E-state index contributed by atoms with van der Waals surface area (Å²) in [6.07, 6.45) is -0.0623. The number of aliphatic carboxylic acids is 1. The van der Waals surface area contributed by atoms with Gasteiger partial charge in [-0.05, 0) is 76.5 Å². The van der Waals surface area contributed by atoms with Crippen molar-refractivity contribution in [2.45, 2.75) is 124 Å². The average molecular weight is 635 g/mol. The summed E-state index contributed by atoms with van der Waals surface area (Å²) >= 11 is 0. The van der Waals surface area contributed by atoms with Gasteiger partial charge >= 0.3 is 5.97 Å². The molecule has 0 spiro atoms. The van der Waals surface area contributed by atoms with Gasteiger partial charge in [-0.25, -0.2) is 4.79 Å². The Balaban J connectivity index is 2.21. The second kappa shape index (κ2) is 14.9. The first kappa shape index (κ1) is 37.3. The van der Waals surface area contributed by atoms with Crippen LogP contribution in [0, 0.1) is 32.6 Å². The lowest BCUT2D eigenvalue weighted by Crippen LogP contribution is -2.62. The van der Waals surface area contributed by atoms with Gasteiger partial charge in [0.25, 0.3) is 5.91 Å². The Labute approximate surface area is 264 Å². The monoisotopic (exact) mass is 634 g/mol. The molecule has 0 saturated heterocycles. The van der Waals surface area contributed by atoms with Crippen molar-refractivity contribution < 1.29 is 44.0 Å². The Bertz CT molecular complexity index is 1310. The highest BCUT2D eigenvalue weighted by molar-refractivity contribution is 5.96. The number of nitrogens with one attached hydrogen (secondary N) is 4. The largest absolute Gasteiger partial charge is 0.507 e. The molecular formula is C32H50N4O9. The van der Waals surface area contributed by atoms with E-state index in [1.807, 2.05) is 20.8 Å². The highest BCUT2D eigenvalue weighted by Crippen LogP contribution is 2.43. The standard InChI is InChI=1S/C32H50N4O9/c1-11-15(4)23(29(41)33-19(8)27(39)35-24(20(9)37)30(42)43)34-28(40)22(14(2)3)36-31(44)32(10)13-12-21-18(7)25(38)16(5)17(6)26(21)45-32/h14-15,19-20,22-24,37-38H,11-13H2,1-10H3,(H,33,41)(H,34,40)(H,35,39)(H,36,44)(H,42,43)/t15-,19-,20+,22-,23-,24-,32?/m0/s1. The number of aromatic hydroxyl groups is 1. The molecule has 2 rings (SSSR count). The molecule has 4 amide bonds. The van der Waals surface area contributed by atoms with Crippen LogP contribution in [0.3, 0.4) is 0 Å². The van der Waals surface area contributed by atoms with Gasteiger partial charge in [0, 0.05) is 12.0 Å². The summed E-state index contributed by atoms with van der Waals surface area (Å²) < 4.78 is 6.28. The van der Waals surface area contributed by atoms with Crippen molar-refractivity contribution in [2.75, 3.05) is 0 Å². The Morgan fingerprint density at radius 3 is 1.89 bits per heavy atom. The molecule has 0 bridgehead atoms. The number of carbonyl (C=O) groups is 5. The Hall–Kier alpha value is -3.87. The van der Waals surface area contributed by atoms with Gasteiger partial charge in [0.2, 0.25) is 17.7 Å². The number of aliphatic hydroxyl groups excluding tert-OH is 1. The van der Waals surface area contributed by atoms with Crippen molar-refractivity contribution in [1.82, 2.24) is 21.3 Å². The van der Waals surface area contributed by atoms with E-state index in [9.17, 15) is 39.3 Å². The van der Waals surface area contributed by atoms with Crippen molar-refractivity contribution in [1.29, 1.82) is 0 Å². The van der Waals surface area contributed by atoms with Gasteiger partial charge in [-0.2, -0.15) is 0 Å². The SMILES string of the molecule is CC[C@H](C)[C@H](NC(=O)[C@@H](NC(=O)C1(C)CCc2c(C)c(O)c(C)c(C)c2O1)C(C)C)C(=O)N[C@@H](C)C(=O)N[C@H](C(=O)O)[C@@H](C)O. The lowest BCUT2D eigenvalue weighted by atomic mass is 9.86. The summed E-state index contributed by atoms with van der Waals surface area (Å²) in [5.41, 5.74) is 1.66. The lowest BCUT2D eigenvalue weighted by Gasteiger charge is -2.38. The number of phenols is 1. The predicted molar refractivity (Wildman–Crippen MR) is 167 cm³/mol. The molecule has 7 atom stereocenters. The number of ether oxygens (including phenoxy) is 1. The number of fused-ring (bicyclic) bond motifs is 1. The van der Waals surface area contributed by atoms with E-state index in [0.29, 0.717) is 36.1 Å². The van der Waals surface area contributed by atoms with Crippen LogP contribution in [0.2, 0.25) is 0 Å². The molecular weight excluding hydrogens is 584 g/mol. The number of carboxylic acid groups (broad SMARTS) is 1. The number of aliphatic hydroxyl groups is 1. The minimum Gasteiger partial charge on any atom is -0.507 e. The van der Waals surface area contributed by atoms with Gasteiger partial charge < -0.3 is 41.3 Å². The molecule has 1 unspecified atom stereocenters. The summed E-state index contributed by atoms with van der Waals surface area (Å²) in [7, 11) is 0. The van der Waals surface area contributed by atoms with Crippen molar-refractivity contribution in [3.05, 3.63) is 22.3 Å². The van der Waals surface area contributed by atoms with Crippen LogP contribution < -0.4 is 26.0 Å². The van der Waals surface area contributed by atoms with E-state index in [1.54, 1.807) is 34.6 Å². The second-order valence-electron chi connectivity index (χ2n) is 12.7. The van der Waals surface area contributed by atoms with Crippen molar-refractivity contribution in [3.8, 4) is 11.5 Å². The molecule has 1 aromatic carbocycles. The van der Waals surface area contributed by atoms with E-state index in [4.69, 9.17) is 4.74 Å². The number of carboxylic acids is 1. The zero-order valence-corrected chi connectivity index (χ0v) is 28.0. The lowest BCUT2D eigenvalue weighted by molar-refractivity contribution is -0.145. The van der Waals surface area contributed by atoms with Crippen LogP contribution in [0.1, 0.15) is 83.6 Å². The Kier molecular flexibility index (Phi) is 12.4. The summed E-state index contributed by atoms with van der Waals surface area (Å²) in [4.78, 5) is 64.5. The maximum atomic E-state index is 13.7. The molecule has 0 fully saturated rings. The molecule has 1 heterocycles. The highest BCUT2D eigenvalue weighted by Gasteiger charge is 2.43. The van der Waals surface area contributed by atoms with E-state index in [0.717, 1.165) is 11.1 Å². The minimum absolute atomic E-state index is 0.207. The van der Waals surface area contributed by atoms with Gasteiger partial charge in [0.05, 0.1) is 6.10 Å². The summed E-state index contributed by atoms with van der Waals surface area (Å²) in [6.45, 7) is 16.8. The molecule has 45 heavy (non-hydrogen) atoms. The fraction of sp³-hybridized carbons (Fsp3) is 0.656. The molecule has 0 radical (unpaired) electrons. The number of phenolic OH excluding ortho intramolecular Hbond substituents is 1. The molecule has 0 aliphatic carbocycles. The molecule has 1 aromatic rings. The number of amides is 4. The number of rotatable bonds is 13. The van der Waals surface area contributed by atoms with E-state index in [1.165, 1.54) is 13.8 Å². The molecule has 252 valence electrons. The van der Waals surface area contributed by atoms with Gasteiger partial charge in [0.1, 0.15) is 29.6 Å². The van der Waals surface area contributed by atoms with E-state index in [-0.39, 0.29) is 17.6 Å². The van der Waals surface area contributed by atoms with Gasteiger partial charge in [-0.15, -0.1) is 0 Å². The minimum atomic E-state index is -1.56. The first-order chi connectivity index (χ1) is 20.8. The fourth-order valence-corrected chi connectivity index (χ4v) is 5.22. The van der Waals surface area contributed by atoms with Gasteiger partial charge in [-0.1, -0.05) is 34.1 Å². The molecule has 0 aromatic heterocycles. The zero-order chi connectivity index (χ0) is 34.5. The average Bonchev–Trinajstić information content (AvgIpc) is 2.97. The van der Waals surface area contributed by atoms with Crippen molar-refractivity contribution >= 4 is 29.6 Å². The zero-order valence-electron chi connectivity index (χ0n) is 28.0. The van der Waals surface area contributed by atoms with E-state index >= 15 is 0 Å². The maximum Gasteiger partial charge on any atom is 0.328 e. The maximum absolute atomic E-state index is 13.7. The molecule has 0 saturated carbocycles. The van der Waals surface area contributed by atoms with Gasteiger partial charge in [-0.3, -0.25) is 19.2 Å². The third-order valence-electron chi connectivity index (χ3n) is 8.83. The third kappa shape index (κ3) is 8.44. The first-order valence-electron chi connectivity index (χ1n) is 15.4. The van der Waals surface area contributed by atoms with Gasteiger partial charge in [0.15, 0.2) is 11.6 Å². The van der Waals surface area contributed by atoms with E-state index in [2.05, 4.69) is 21.3 Å².